The Balaban J connectivity index is 1.53. The Morgan fingerprint density at radius 3 is 3.00 bits per heavy atom. The predicted octanol–water partition coefficient (Wildman–Crippen LogP) is 3.04. The molecule has 1 aliphatic rings. The van der Waals surface area contributed by atoms with Gasteiger partial charge in [0.15, 0.2) is 5.13 Å². The first-order valence-electron chi connectivity index (χ1n) is 7.91. The molecule has 2 atom stereocenters. The van der Waals surface area contributed by atoms with Gasteiger partial charge in [0.2, 0.25) is 0 Å². The third-order valence-electron chi connectivity index (χ3n) is 3.82. The highest BCUT2D eigenvalue weighted by molar-refractivity contribution is 7.14. The summed E-state index contributed by atoms with van der Waals surface area (Å²) in [5, 5.41) is 14.5. The maximum atomic E-state index is 12.2. The summed E-state index contributed by atoms with van der Waals surface area (Å²) in [6, 6.07) is 6.77. The van der Waals surface area contributed by atoms with Crippen LogP contribution in [0.25, 0.3) is 11.3 Å². The van der Waals surface area contributed by atoms with Gasteiger partial charge in [0.1, 0.15) is 11.9 Å². The number of anilines is 1. The average Bonchev–Trinajstić information content (AvgIpc) is 3.25. The van der Waals surface area contributed by atoms with Crippen LogP contribution in [0.2, 0.25) is 0 Å². The van der Waals surface area contributed by atoms with Crippen LogP contribution in [0.15, 0.2) is 29.6 Å². The van der Waals surface area contributed by atoms with Crippen molar-refractivity contribution in [2.75, 3.05) is 18.5 Å². The van der Waals surface area contributed by atoms with Gasteiger partial charge in [-0.2, -0.15) is 0 Å². The zero-order valence-electron chi connectivity index (χ0n) is 13.4. The van der Waals surface area contributed by atoms with Gasteiger partial charge in [-0.15, -0.1) is 11.3 Å². The van der Waals surface area contributed by atoms with Gasteiger partial charge in [0.05, 0.1) is 18.4 Å². The number of ether oxygens (including phenoxy) is 2. The van der Waals surface area contributed by atoms with Crippen LogP contribution in [0.4, 0.5) is 5.13 Å². The summed E-state index contributed by atoms with van der Waals surface area (Å²) in [6.45, 7) is 2.93. The number of amides is 1. The van der Waals surface area contributed by atoms with Crippen molar-refractivity contribution >= 4 is 22.4 Å². The highest BCUT2D eigenvalue weighted by Crippen LogP contribution is 2.26. The first kappa shape index (κ1) is 16.9. The maximum Gasteiger partial charge on any atom is 0.254 e. The molecule has 0 bridgehead atoms. The van der Waals surface area contributed by atoms with Gasteiger partial charge in [-0.05, 0) is 44.0 Å². The lowest BCUT2D eigenvalue weighted by atomic mass is 10.2. The van der Waals surface area contributed by atoms with E-state index >= 15 is 0 Å². The molecule has 1 aliphatic heterocycles. The second-order valence-corrected chi connectivity index (χ2v) is 6.54. The molecule has 1 amide bonds. The minimum atomic E-state index is -0.560. The summed E-state index contributed by atoms with van der Waals surface area (Å²) >= 11 is 1.35. The number of hydrogen-bond donors (Lipinski definition) is 2. The van der Waals surface area contributed by atoms with Crippen LogP contribution in [-0.2, 0) is 14.3 Å². The molecule has 0 saturated carbocycles. The van der Waals surface area contributed by atoms with Crippen LogP contribution in [0.1, 0.15) is 19.8 Å². The normalized spacial score (nSPS) is 18.5. The van der Waals surface area contributed by atoms with Gasteiger partial charge in [-0.25, -0.2) is 4.98 Å². The minimum absolute atomic E-state index is 0.0983. The fourth-order valence-electron chi connectivity index (χ4n) is 2.41. The smallest absolute Gasteiger partial charge is 0.254 e. The predicted molar refractivity (Wildman–Crippen MR) is 92.2 cm³/mol. The number of nitrogens with one attached hydrogen (secondary N) is 1. The van der Waals surface area contributed by atoms with Crippen LogP contribution in [0.3, 0.4) is 0 Å². The summed E-state index contributed by atoms with van der Waals surface area (Å²) in [5.74, 6) is -0.0145. The fraction of sp³-hybridized carbons (Fsp3) is 0.412. The van der Waals surface area contributed by atoms with E-state index in [0.717, 1.165) is 30.7 Å². The van der Waals surface area contributed by atoms with E-state index in [-0.39, 0.29) is 17.8 Å². The summed E-state index contributed by atoms with van der Waals surface area (Å²) in [7, 11) is 0. The van der Waals surface area contributed by atoms with E-state index in [2.05, 4.69) is 10.3 Å². The van der Waals surface area contributed by atoms with Crippen molar-refractivity contribution in [2.24, 2.45) is 0 Å². The summed E-state index contributed by atoms with van der Waals surface area (Å²) in [4.78, 5) is 16.6. The van der Waals surface area contributed by atoms with Crippen molar-refractivity contribution in [2.45, 2.75) is 32.0 Å². The molecule has 0 unspecified atom stereocenters. The van der Waals surface area contributed by atoms with Crippen LogP contribution in [0.5, 0.6) is 5.75 Å². The van der Waals surface area contributed by atoms with Crippen LogP contribution < -0.4 is 5.32 Å². The second kappa shape index (κ2) is 7.74. The molecular formula is C17H20N2O4S. The number of phenolic OH excluding ortho intramolecular Hbond substituents is 1. The molecule has 6 nitrogen and oxygen atoms in total. The van der Waals surface area contributed by atoms with Gasteiger partial charge < -0.3 is 14.6 Å². The molecule has 0 radical (unpaired) electrons. The van der Waals surface area contributed by atoms with E-state index in [1.807, 2.05) is 5.38 Å². The monoisotopic (exact) mass is 348 g/mol. The number of phenols is 1. The van der Waals surface area contributed by atoms with E-state index in [1.165, 1.54) is 11.3 Å². The van der Waals surface area contributed by atoms with Crippen LogP contribution in [-0.4, -0.2) is 41.4 Å². The number of aromatic hydroxyl groups is 1. The lowest BCUT2D eigenvalue weighted by molar-refractivity contribution is -0.128. The van der Waals surface area contributed by atoms with Crippen LogP contribution >= 0.6 is 11.3 Å². The van der Waals surface area contributed by atoms with Gasteiger partial charge in [0, 0.05) is 17.6 Å². The van der Waals surface area contributed by atoms with Crippen molar-refractivity contribution in [3.8, 4) is 17.0 Å². The molecule has 1 fully saturated rings. The first-order chi connectivity index (χ1) is 11.6. The maximum absolute atomic E-state index is 12.2. The zero-order chi connectivity index (χ0) is 16.9. The minimum Gasteiger partial charge on any atom is -0.508 e. The van der Waals surface area contributed by atoms with Crippen molar-refractivity contribution in [1.82, 2.24) is 4.98 Å². The van der Waals surface area contributed by atoms with Gasteiger partial charge in [-0.3, -0.25) is 10.1 Å². The van der Waals surface area contributed by atoms with Crippen LogP contribution in [0, 0.1) is 0 Å². The molecular weight excluding hydrogens is 328 g/mol. The Hall–Kier alpha value is -1.96. The van der Waals surface area contributed by atoms with E-state index in [1.54, 1.807) is 31.2 Å². The van der Waals surface area contributed by atoms with Crippen molar-refractivity contribution in [3.05, 3.63) is 29.6 Å². The number of hydrogen-bond acceptors (Lipinski definition) is 6. The molecule has 1 aromatic heterocycles. The van der Waals surface area contributed by atoms with Gasteiger partial charge in [0.25, 0.3) is 5.91 Å². The van der Waals surface area contributed by atoms with Crippen molar-refractivity contribution in [1.29, 1.82) is 0 Å². The van der Waals surface area contributed by atoms with E-state index in [9.17, 15) is 9.90 Å². The highest BCUT2D eigenvalue weighted by atomic mass is 32.1. The molecule has 2 heterocycles. The molecule has 0 aliphatic carbocycles. The third kappa shape index (κ3) is 4.31. The Kier molecular flexibility index (Phi) is 5.44. The molecule has 1 aromatic carbocycles. The van der Waals surface area contributed by atoms with E-state index in [0.29, 0.717) is 11.7 Å². The summed E-state index contributed by atoms with van der Waals surface area (Å²) in [6.07, 6.45) is 1.57. The number of carbonyl (C=O) groups is 1. The SMILES string of the molecule is C[C@H](OC[C@@H]1CCCO1)C(=O)Nc1nc(-c2ccc(O)cc2)cs1. The zero-order valence-corrected chi connectivity index (χ0v) is 14.2. The quantitative estimate of drug-likeness (QED) is 0.839. The van der Waals surface area contributed by atoms with Crippen molar-refractivity contribution < 1.29 is 19.4 Å². The number of carbonyl (C=O) groups excluding carboxylic acids is 1. The lowest BCUT2D eigenvalue weighted by Gasteiger charge is -2.15. The topological polar surface area (TPSA) is 80.7 Å². The Labute approximate surface area is 144 Å². The van der Waals surface area contributed by atoms with Crippen molar-refractivity contribution in [3.63, 3.8) is 0 Å². The Bertz CT molecular complexity index is 680. The Morgan fingerprint density at radius 2 is 2.29 bits per heavy atom. The average molecular weight is 348 g/mol. The van der Waals surface area contributed by atoms with E-state index < -0.39 is 6.10 Å². The Morgan fingerprint density at radius 1 is 1.50 bits per heavy atom. The lowest BCUT2D eigenvalue weighted by Crippen LogP contribution is -2.30. The molecule has 1 saturated heterocycles. The number of nitrogens with zero attached hydrogens (tertiary/aromatic N) is 1. The molecule has 7 heteroatoms. The highest BCUT2D eigenvalue weighted by Gasteiger charge is 2.20. The molecule has 0 spiro atoms. The number of thiazole rings is 1. The first-order valence-corrected chi connectivity index (χ1v) is 8.79. The van der Waals surface area contributed by atoms with Gasteiger partial charge >= 0.3 is 0 Å². The number of rotatable bonds is 6. The molecule has 2 N–H and O–H groups in total. The number of aromatic nitrogens is 1. The number of benzene rings is 1. The molecule has 24 heavy (non-hydrogen) atoms. The largest absolute Gasteiger partial charge is 0.508 e. The molecule has 3 rings (SSSR count). The fourth-order valence-corrected chi connectivity index (χ4v) is 3.13. The van der Waals surface area contributed by atoms with Gasteiger partial charge in [-0.1, -0.05) is 0 Å². The van der Waals surface area contributed by atoms with E-state index in [4.69, 9.17) is 9.47 Å². The standard InChI is InChI=1S/C17H20N2O4S/c1-11(23-9-14-3-2-8-22-14)16(21)19-17-18-15(10-24-17)12-4-6-13(20)7-5-12/h4-7,10-11,14,20H,2-3,8-9H2,1H3,(H,18,19,21)/t11-,14-/m0/s1. The summed E-state index contributed by atoms with van der Waals surface area (Å²) < 4.78 is 11.1. The molecule has 2 aromatic rings. The molecule has 128 valence electrons. The second-order valence-electron chi connectivity index (χ2n) is 5.68. The summed E-state index contributed by atoms with van der Waals surface area (Å²) in [5.41, 5.74) is 1.63. The third-order valence-corrected chi connectivity index (χ3v) is 4.58.